The molecule has 4 aromatic rings. The number of rotatable bonds is 3. The standard InChI is InChI=1S/C22H11Br2Cl2NO2/c23-13-3-1-12(2-4-13)20-11-17(16-9-14(24)5-7-19(16)27-20)22(28)29-21-8-6-15(25)10-18(21)26/h1-11H. The van der Waals surface area contributed by atoms with Gasteiger partial charge in [0.2, 0.25) is 0 Å². The first-order valence-electron chi connectivity index (χ1n) is 8.44. The largest absolute Gasteiger partial charge is 0.421 e. The van der Waals surface area contributed by atoms with Crippen LogP contribution in [-0.2, 0) is 0 Å². The van der Waals surface area contributed by atoms with Gasteiger partial charge in [-0.2, -0.15) is 0 Å². The third kappa shape index (κ3) is 4.48. The maximum Gasteiger partial charge on any atom is 0.344 e. The average Bonchev–Trinajstić information content (AvgIpc) is 2.70. The summed E-state index contributed by atoms with van der Waals surface area (Å²) in [6.07, 6.45) is 0. The van der Waals surface area contributed by atoms with Gasteiger partial charge in [-0.3, -0.25) is 0 Å². The molecule has 144 valence electrons. The van der Waals surface area contributed by atoms with Gasteiger partial charge in [-0.05, 0) is 54.6 Å². The van der Waals surface area contributed by atoms with Crippen molar-refractivity contribution in [1.82, 2.24) is 4.98 Å². The fraction of sp³-hybridized carbons (Fsp3) is 0. The Labute approximate surface area is 193 Å². The van der Waals surface area contributed by atoms with Crippen LogP contribution in [0.3, 0.4) is 0 Å². The Bertz CT molecular complexity index is 1240. The van der Waals surface area contributed by atoms with Crippen LogP contribution in [0.15, 0.2) is 75.7 Å². The molecule has 0 fully saturated rings. The van der Waals surface area contributed by atoms with E-state index >= 15 is 0 Å². The van der Waals surface area contributed by atoms with Gasteiger partial charge in [0.05, 0.1) is 21.8 Å². The predicted molar refractivity (Wildman–Crippen MR) is 124 cm³/mol. The number of hydrogen-bond donors (Lipinski definition) is 0. The number of carbonyl (C=O) groups excluding carboxylic acids is 1. The summed E-state index contributed by atoms with van der Waals surface area (Å²) in [6.45, 7) is 0. The fourth-order valence-corrected chi connectivity index (χ4v) is 3.92. The highest BCUT2D eigenvalue weighted by Crippen LogP contribution is 2.31. The predicted octanol–water partition coefficient (Wildman–Crippen LogP) is 7.95. The molecule has 0 aliphatic rings. The van der Waals surface area contributed by atoms with E-state index in [0.717, 1.165) is 14.5 Å². The minimum atomic E-state index is -0.530. The van der Waals surface area contributed by atoms with Crippen molar-refractivity contribution in [3.63, 3.8) is 0 Å². The summed E-state index contributed by atoms with van der Waals surface area (Å²) < 4.78 is 7.36. The number of aromatic nitrogens is 1. The summed E-state index contributed by atoms with van der Waals surface area (Å²) in [4.78, 5) is 17.8. The first-order valence-corrected chi connectivity index (χ1v) is 10.8. The number of benzene rings is 3. The number of esters is 1. The van der Waals surface area contributed by atoms with E-state index in [1.807, 2.05) is 42.5 Å². The van der Waals surface area contributed by atoms with Crippen molar-refractivity contribution in [3.05, 3.63) is 91.3 Å². The monoisotopic (exact) mass is 549 g/mol. The van der Waals surface area contributed by atoms with Crippen molar-refractivity contribution in [3.8, 4) is 17.0 Å². The van der Waals surface area contributed by atoms with Crippen LogP contribution in [0.4, 0.5) is 0 Å². The van der Waals surface area contributed by atoms with Crippen molar-refractivity contribution in [1.29, 1.82) is 0 Å². The zero-order chi connectivity index (χ0) is 20.5. The van der Waals surface area contributed by atoms with E-state index < -0.39 is 5.97 Å². The summed E-state index contributed by atoms with van der Waals surface area (Å²) in [5.74, 6) is -0.288. The van der Waals surface area contributed by atoms with Gasteiger partial charge in [-0.1, -0.05) is 67.2 Å². The highest BCUT2D eigenvalue weighted by atomic mass is 79.9. The lowest BCUT2D eigenvalue weighted by molar-refractivity contribution is 0.0737. The molecule has 0 unspecified atom stereocenters. The molecule has 0 spiro atoms. The van der Waals surface area contributed by atoms with E-state index in [1.165, 1.54) is 6.07 Å². The molecular formula is C22H11Br2Cl2NO2. The zero-order valence-corrected chi connectivity index (χ0v) is 19.3. The molecule has 0 amide bonds. The lowest BCUT2D eigenvalue weighted by atomic mass is 10.0. The summed E-state index contributed by atoms with van der Waals surface area (Å²) >= 11 is 19.0. The Kier molecular flexibility index (Phi) is 5.93. The van der Waals surface area contributed by atoms with Gasteiger partial charge in [0.15, 0.2) is 0 Å². The third-order valence-corrected chi connectivity index (χ3v) is 5.78. The van der Waals surface area contributed by atoms with Crippen LogP contribution in [0.5, 0.6) is 5.75 Å². The van der Waals surface area contributed by atoms with Crippen molar-refractivity contribution in [2.45, 2.75) is 0 Å². The highest BCUT2D eigenvalue weighted by Gasteiger charge is 2.18. The number of pyridine rings is 1. The van der Waals surface area contributed by atoms with Gasteiger partial charge in [-0.15, -0.1) is 0 Å². The van der Waals surface area contributed by atoms with Crippen LogP contribution < -0.4 is 4.74 Å². The maximum atomic E-state index is 13.0. The number of nitrogens with zero attached hydrogens (tertiary/aromatic N) is 1. The third-order valence-electron chi connectivity index (χ3n) is 4.23. The molecule has 0 radical (unpaired) electrons. The lowest BCUT2D eigenvalue weighted by Gasteiger charge is -2.11. The van der Waals surface area contributed by atoms with Crippen LogP contribution in [0, 0.1) is 0 Å². The number of carbonyl (C=O) groups is 1. The van der Waals surface area contributed by atoms with Crippen molar-refractivity contribution >= 4 is 71.9 Å². The maximum absolute atomic E-state index is 13.0. The molecule has 0 N–H and O–H groups in total. The second-order valence-electron chi connectivity index (χ2n) is 6.19. The molecule has 0 aliphatic heterocycles. The normalized spacial score (nSPS) is 10.9. The number of halogens is 4. The fourth-order valence-electron chi connectivity index (χ4n) is 2.85. The Hall–Kier alpha value is -1.92. The van der Waals surface area contributed by atoms with Crippen LogP contribution in [-0.4, -0.2) is 11.0 Å². The minimum absolute atomic E-state index is 0.242. The number of ether oxygens (including phenoxy) is 1. The van der Waals surface area contributed by atoms with Crippen molar-refractivity contribution in [2.24, 2.45) is 0 Å². The van der Waals surface area contributed by atoms with Crippen LogP contribution in [0.2, 0.25) is 10.0 Å². The van der Waals surface area contributed by atoms with E-state index in [9.17, 15) is 4.79 Å². The smallest absolute Gasteiger partial charge is 0.344 e. The molecule has 0 atom stereocenters. The lowest BCUT2D eigenvalue weighted by Crippen LogP contribution is -2.10. The van der Waals surface area contributed by atoms with Gasteiger partial charge in [-0.25, -0.2) is 9.78 Å². The second kappa shape index (κ2) is 8.44. The molecule has 7 heteroatoms. The van der Waals surface area contributed by atoms with Crippen molar-refractivity contribution < 1.29 is 9.53 Å². The first kappa shape index (κ1) is 20.4. The molecule has 3 aromatic carbocycles. The van der Waals surface area contributed by atoms with E-state index in [4.69, 9.17) is 32.9 Å². The Balaban J connectivity index is 1.83. The van der Waals surface area contributed by atoms with E-state index in [2.05, 4.69) is 31.9 Å². The molecule has 0 aliphatic carbocycles. The van der Waals surface area contributed by atoms with Gasteiger partial charge < -0.3 is 4.74 Å². The van der Waals surface area contributed by atoms with Crippen LogP contribution in [0.1, 0.15) is 10.4 Å². The van der Waals surface area contributed by atoms with E-state index in [1.54, 1.807) is 18.2 Å². The molecule has 29 heavy (non-hydrogen) atoms. The van der Waals surface area contributed by atoms with Gasteiger partial charge in [0.1, 0.15) is 5.75 Å². The number of fused-ring (bicyclic) bond motifs is 1. The molecule has 4 rings (SSSR count). The molecule has 0 bridgehead atoms. The highest BCUT2D eigenvalue weighted by molar-refractivity contribution is 9.10. The SMILES string of the molecule is O=C(Oc1ccc(Cl)cc1Cl)c1cc(-c2ccc(Br)cc2)nc2ccc(Br)cc12. The summed E-state index contributed by atoms with van der Waals surface area (Å²) in [7, 11) is 0. The second-order valence-corrected chi connectivity index (χ2v) is 8.86. The Morgan fingerprint density at radius 3 is 2.31 bits per heavy atom. The van der Waals surface area contributed by atoms with E-state index in [-0.39, 0.29) is 10.8 Å². The average molecular weight is 552 g/mol. The first-order chi connectivity index (χ1) is 13.9. The van der Waals surface area contributed by atoms with E-state index in [0.29, 0.717) is 27.2 Å². The van der Waals surface area contributed by atoms with Crippen LogP contribution >= 0.6 is 55.1 Å². The minimum Gasteiger partial charge on any atom is -0.421 e. The van der Waals surface area contributed by atoms with Gasteiger partial charge >= 0.3 is 5.97 Å². The summed E-state index contributed by atoms with van der Waals surface area (Å²) in [6, 6.07) is 19.7. The van der Waals surface area contributed by atoms with Gasteiger partial charge in [0.25, 0.3) is 0 Å². The molecule has 0 saturated heterocycles. The molecule has 0 saturated carbocycles. The quantitative estimate of drug-likeness (QED) is 0.191. The molecule has 1 heterocycles. The molecular weight excluding hydrogens is 541 g/mol. The summed E-state index contributed by atoms with van der Waals surface area (Å²) in [5.41, 5.74) is 2.63. The number of hydrogen-bond acceptors (Lipinski definition) is 3. The summed E-state index contributed by atoms with van der Waals surface area (Å²) in [5, 5.41) is 1.40. The Morgan fingerprint density at radius 1 is 0.862 bits per heavy atom. The molecule has 1 aromatic heterocycles. The van der Waals surface area contributed by atoms with Crippen LogP contribution in [0.25, 0.3) is 22.2 Å². The topological polar surface area (TPSA) is 39.2 Å². The van der Waals surface area contributed by atoms with Crippen molar-refractivity contribution in [2.75, 3.05) is 0 Å². The zero-order valence-electron chi connectivity index (χ0n) is 14.6. The Morgan fingerprint density at radius 2 is 1.59 bits per heavy atom. The molecule has 3 nitrogen and oxygen atoms in total. The van der Waals surface area contributed by atoms with Gasteiger partial charge in [0, 0.05) is 24.9 Å².